The zero-order valence-electron chi connectivity index (χ0n) is 14.1. The Kier molecular flexibility index (Phi) is 16.4. The largest absolute Gasteiger partial charge is 0.548 e. The van der Waals surface area contributed by atoms with Crippen LogP contribution >= 0.6 is 0 Å². The van der Waals surface area contributed by atoms with Crippen molar-refractivity contribution in [3.8, 4) is 0 Å². The molecule has 0 aromatic carbocycles. The maximum Gasteiger partial charge on any atom is 0.146 e. The molecule has 21 heavy (non-hydrogen) atoms. The van der Waals surface area contributed by atoms with Crippen LogP contribution in [-0.4, -0.2) is 24.3 Å². The van der Waals surface area contributed by atoms with Gasteiger partial charge in [-0.1, -0.05) is 58.3 Å². The van der Waals surface area contributed by atoms with Crippen molar-refractivity contribution in [2.45, 2.75) is 84.1 Å². The number of Topliss-reactive ketones (excluding diaryl/α,β-unsaturated/α-hetero) is 1. The molecule has 0 aliphatic carbocycles. The number of ketones is 1. The van der Waals surface area contributed by atoms with Crippen molar-refractivity contribution < 1.29 is 14.7 Å². The minimum atomic E-state index is -1.17. The van der Waals surface area contributed by atoms with Gasteiger partial charge in [0.15, 0.2) is 0 Å². The Labute approximate surface area is 129 Å². The van der Waals surface area contributed by atoms with E-state index >= 15 is 0 Å². The third kappa shape index (κ3) is 15.3. The molecule has 0 fully saturated rings. The van der Waals surface area contributed by atoms with Crippen LogP contribution in [0.1, 0.15) is 78.1 Å². The number of quaternary nitrogens is 1. The predicted molar refractivity (Wildman–Crippen MR) is 85.3 cm³/mol. The number of carboxylic acids is 1. The average molecular weight is 302 g/mol. The van der Waals surface area contributed by atoms with Crippen LogP contribution in [-0.2, 0) is 9.59 Å². The number of carbonyl (C=O) groups is 2. The van der Waals surface area contributed by atoms with Gasteiger partial charge in [0, 0.05) is 12.5 Å². The molecule has 0 saturated heterocycles. The quantitative estimate of drug-likeness (QED) is 0.481. The van der Waals surface area contributed by atoms with Gasteiger partial charge in [0.05, 0.1) is 12.5 Å². The number of rotatable bonds is 14. The van der Waals surface area contributed by atoms with Gasteiger partial charge in [-0.25, -0.2) is 0 Å². The first-order chi connectivity index (χ1) is 9.57. The molecule has 0 amide bonds. The SMILES string of the molecule is CCCCCCCCCCCC(=O)CN[C@@H](C)C(=O)[O-].[NH4+]. The third-order valence-electron chi connectivity index (χ3n) is 3.52. The highest BCUT2D eigenvalue weighted by molar-refractivity contribution is 5.81. The molecule has 0 aliphatic rings. The maximum atomic E-state index is 11.5. The highest BCUT2D eigenvalue weighted by Gasteiger charge is 2.05. The molecule has 5 nitrogen and oxygen atoms in total. The van der Waals surface area contributed by atoms with Crippen molar-refractivity contribution >= 4 is 11.8 Å². The molecule has 0 aromatic heterocycles. The Morgan fingerprint density at radius 1 is 0.952 bits per heavy atom. The molecule has 0 rings (SSSR count). The van der Waals surface area contributed by atoms with Crippen molar-refractivity contribution in [2.24, 2.45) is 0 Å². The summed E-state index contributed by atoms with van der Waals surface area (Å²) in [6.07, 6.45) is 11.6. The molecular weight excluding hydrogens is 268 g/mol. The zero-order chi connectivity index (χ0) is 15.2. The smallest absolute Gasteiger partial charge is 0.146 e. The monoisotopic (exact) mass is 302 g/mol. The van der Waals surface area contributed by atoms with Crippen molar-refractivity contribution in [1.82, 2.24) is 11.5 Å². The normalized spacial score (nSPS) is 11.7. The molecular formula is C16H34N2O3. The van der Waals surface area contributed by atoms with Gasteiger partial charge >= 0.3 is 0 Å². The van der Waals surface area contributed by atoms with Crippen LogP contribution < -0.4 is 16.6 Å². The fourth-order valence-electron chi connectivity index (χ4n) is 2.07. The summed E-state index contributed by atoms with van der Waals surface area (Å²) >= 11 is 0. The van der Waals surface area contributed by atoms with Gasteiger partial charge in [0.2, 0.25) is 0 Å². The molecule has 0 heterocycles. The Hall–Kier alpha value is -0.940. The number of hydrogen-bond acceptors (Lipinski definition) is 4. The molecule has 0 saturated carbocycles. The second kappa shape index (κ2) is 15.4. The highest BCUT2D eigenvalue weighted by atomic mass is 16.4. The number of hydrogen-bond donors (Lipinski definition) is 2. The average Bonchev–Trinajstić information content (AvgIpc) is 2.42. The van der Waals surface area contributed by atoms with Crippen LogP contribution in [0.15, 0.2) is 0 Å². The summed E-state index contributed by atoms with van der Waals surface area (Å²) in [4.78, 5) is 22.0. The van der Waals surface area contributed by atoms with Crippen LogP contribution in [0.2, 0.25) is 0 Å². The number of unbranched alkanes of at least 4 members (excludes halogenated alkanes) is 8. The van der Waals surface area contributed by atoms with Crippen molar-refractivity contribution in [3.05, 3.63) is 0 Å². The fourth-order valence-corrected chi connectivity index (χ4v) is 2.07. The lowest BCUT2D eigenvalue weighted by Gasteiger charge is -2.13. The van der Waals surface area contributed by atoms with Crippen LogP contribution in [0.5, 0.6) is 0 Å². The molecule has 0 radical (unpaired) electrons. The van der Waals surface area contributed by atoms with Crippen molar-refractivity contribution in [3.63, 3.8) is 0 Å². The third-order valence-corrected chi connectivity index (χ3v) is 3.52. The number of carbonyl (C=O) groups excluding carboxylic acids is 2. The lowest BCUT2D eigenvalue weighted by Crippen LogP contribution is -2.45. The van der Waals surface area contributed by atoms with Gasteiger partial charge < -0.3 is 21.4 Å². The molecule has 0 aromatic rings. The molecule has 0 bridgehead atoms. The van der Waals surface area contributed by atoms with Crippen LogP contribution in [0, 0.1) is 0 Å². The van der Waals surface area contributed by atoms with E-state index in [2.05, 4.69) is 12.2 Å². The Morgan fingerprint density at radius 3 is 1.90 bits per heavy atom. The summed E-state index contributed by atoms with van der Waals surface area (Å²) in [6.45, 7) is 3.84. The summed E-state index contributed by atoms with van der Waals surface area (Å²) in [5, 5.41) is 13.1. The summed E-state index contributed by atoms with van der Waals surface area (Å²) in [7, 11) is 0. The Balaban J connectivity index is 0. The van der Waals surface area contributed by atoms with E-state index in [0.717, 1.165) is 12.8 Å². The van der Waals surface area contributed by atoms with Crippen LogP contribution in [0.25, 0.3) is 0 Å². The van der Waals surface area contributed by atoms with Crippen LogP contribution in [0.3, 0.4) is 0 Å². The first kappa shape index (κ1) is 22.3. The standard InChI is InChI=1S/C16H31NO3.H3N/c1-3-4-5-6-7-8-9-10-11-12-15(18)13-17-14(2)16(19)20;/h14,17H,3-13H2,1-2H3,(H,19,20);1H3/t14-;/m0./s1. The van der Waals surface area contributed by atoms with E-state index in [1.807, 2.05) is 0 Å². The lowest BCUT2D eigenvalue weighted by molar-refractivity contribution is -0.307. The van der Waals surface area contributed by atoms with Gasteiger partial charge in [0.25, 0.3) is 0 Å². The molecule has 0 spiro atoms. The topological polar surface area (TPSA) is 106 Å². The van der Waals surface area contributed by atoms with E-state index in [1.165, 1.54) is 51.9 Å². The lowest BCUT2D eigenvalue weighted by atomic mass is 10.1. The van der Waals surface area contributed by atoms with Crippen molar-refractivity contribution in [1.29, 1.82) is 0 Å². The minimum absolute atomic E-state index is 0. The molecule has 5 heteroatoms. The van der Waals surface area contributed by atoms with E-state index in [-0.39, 0.29) is 18.5 Å². The van der Waals surface area contributed by atoms with Crippen LogP contribution in [0.4, 0.5) is 0 Å². The minimum Gasteiger partial charge on any atom is -0.548 e. The number of aliphatic carboxylic acids is 1. The first-order valence-electron chi connectivity index (χ1n) is 8.03. The van der Waals surface area contributed by atoms with E-state index < -0.39 is 12.0 Å². The second-order valence-electron chi connectivity index (χ2n) is 5.54. The second-order valence-corrected chi connectivity index (χ2v) is 5.54. The summed E-state index contributed by atoms with van der Waals surface area (Å²) in [5.74, 6) is -1.08. The molecule has 1 atom stereocenters. The van der Waals surface area contributed by atoms with E-state index in [4.69, 9.17) is 0 Å². The van der Waals surface area contributed by atoms with Gasteiger partial charge in [-0.15, -0.1) is 0 Å². The van der Waals surface area contributed by atoms with E-state index in [0.29, 0.717) is 6.42 Å². The predicted octanol–water partition coefficient (Wildman–Crippen LogP) is 2.58. The molecule has 0 unspecified atom stereocenters. The summed E-state index contributed by atoms with van der Waals surface area (Å²) < 4.78 is 0. The summed E-state index contributed by atoms with van der Waals surface area (Å²) in [5.41, 5.74) is 0. The van der Waals surface area contributed by atoms with Gasteiger partial charge in [-0.3, -0.25) is 4.79 Å². The first-order valence-corrected chi connectivity index (χ1v) is 8.03. The molecule has 126 valence electrons. The van der Waals surface area contributed by atoms with Crippen molar-refractivity contribution in [2.75, 3.05) is 6.54 Å². The highest BCUT2D eigenvalue weighted by Crippen LogP contribution is 2.10. The Bertz CT molecular complexity index is 270. The molecule has 0 aliphatic heterocycles. The maximum absolute atomic E-state index is 11.5. The van der Waals surface area contributed by atoms with E-state index in [9.17, 15) is 14.7 Å². The Morgan fingerprint density at radius 2 is 1.43 bits per heavy atom. The van der Waals surface area contributed by atoms with Gasteiger partial charge in [0.1, 0.15) is 5.78 Å². The molecule has 5 N–H and O–H groups in total. The summed E-state index contributed by atoms with van der Waals surface area (Å²) in [6, 6.07) is -0.762. The van der Waals surface area contributed by atoms with E-state index in [1.54, 1.807) is 0 Å². The number of nitrogens with one attached hydrogen (secondary N) is 1. The zero-order valence-corrected chi connectivity index (χ0v) is 14.1. The van der Waals surface area contributed by atoms with Gasteiger partial charge in [-0.2, -0.15) is 0 Å². The van der Waals surface area contributed by atoms with Gasteiger partial charge in [-0.05, 0) is 13.3 Å². The fraction of sp³-hybridized carbons (Fsp3) is 0.875. The number of carboxylic acid groups (broad SMARTS) is 1.